The number of nitrogens with zero attached hydrogens (tertiary/aromatic N) is 1. The molecule has 10 heteroatoms. The summed E-state index contributed by atoms with van der Waals surface area (Å²) in [6.45, 7) is 2.83. The van der Waals surface area contributed by atoms with Crippen LogP contribution in [0, 0.1) is 25.5 Å². The van der Waals surface area contributed by atoms with Crippen LogP contribution in [0.15, 0.2) is 66.7 Å². The van der Waals surface area contributed by atoms with Gasteiger partial charge in [0.05, 0.1) is 21.8 Å². The molecule has 1 heterocycles. The lowest BCUT2D eigenvalue weighted by atomic mass is 10.1. The molecule has 0 saturated carbocycles. The predicted octanol–water partition coefficient (Wildman–Crippen LogP) is 7.88. The lowest BCUT2D eigenvalue weighted by Crippen LogP contribution is -2.15. The fourth-order valence-corrected chi connectivity index (χ4v) is 4.20. The van der Waals surface area contributed by atoms with E-state index in [0.29, 0.717) is 17.1 Å². The van der Waals surface area contributed by atoms with Gasteiger partial charge in [-0.2, -0.15) is 13.2 Å². The van der Waals surface area contributed by atoms with E-state index in [1.165, 1.54) is 34.9 Å². The molecule has 0 aliphatic heterocycles. The quantitative estimate of drug-likeness (QED) is 0.202. The number of rotatable bonds is 6. The lowest BCUT2D eigenvalue weighted by Gasteiger charge is -2.17. The van der Waals surface area contributed by atoms with Crippen LogP contribution in [0.4, 0.5) is 27.6 Å². The normalized spacial score (nSPS) is 11.5. The summed E-state index contributed by atoms with van der Waals surface area (Å²) < 4.78 is 75.3. The number of halogens is 6. The van der Waals surface area contributed by atoms with Gasteiger partial charge in [0.1, 0.15) is 24.0 Å². The van der Waals surface area contributed by atoms with Crippen molar-refractivity contribution in [3.05, 3.63) is 111 Å². The molecule has 0 fully saturated rings. The second kappa shape index (κ2) is 10.3. The number of nitrogens with one attached hydrogen (secondary N) is 1. The average molecular weight is 535 g/mol. The van der Waals surface area contributed by atoms with Crippen molar-refractivity contribution in [1.29, 1.82) is 0 Å². The number of aryl methyl sites for hydroxylation is 1. The van der Waals surface area contributed by atoms with Crippen LogP contribution >= 0.6 is 11.6 Å². The lowest BCUT2D eigenvalue weighted by molar-refractivity contribution is -0.137. The van der Waals surface area contributed by atoms with Gasteiger partial charge >= 0.3 is 6.18 Å². The first-order valence-electron chi connectivity index (χ1n) is 11.0. The Balaban J connectivity index is 1.55. The minimum atomic E-state index is -4.57. The maximum Gasteiger partial charge on any atom is 0.418 e. The zero-order valence-electron chi connectivity index (χ0n) is 19.6. The number of anilines is 1. The number of para-hydroxylation sites is 1. The van der Waals surface area contributed by atoms with Crippen LogP contribution < -0.4 is 10.1 Å². The molecule has 0 saturated heterocycles. The molecular weight excluding hydrogens is 515 g/mol. The van der Waals surface area contributed by atoms with Gasteiger partial charge in [-0.3, -0.25) is 4.79 Å². The molecule has 37 heavy (non-hydrogen) atoms. The summed E-state index contributed by atoms with van der Waals surface area (Å²) >= 11 is 5.82. The summed E-state index contributed by atoms with van der Waals surface area (Å²) in [6.07, 6.45) is -4.57. The van der Waals surface area contributed by atoms with Crippen molar-refractivity contribution in [3.63, 3.8) is 0 Å². The SMILES string of the molecule is Cc1cc(C(=O)Nc2cccc(OCc3c(F)ccc(F)c3Cl)c2)c(C)n1-c1ccccc1C(F)(F)F. The average Bonchev–Trinajstić information content (AvgIpc) is 3.15. The molecular formula is C27H20ClF5N2O2. The standard InChI is InChI=1S/C27H20ClF5N2O2/c1-15-12-19(16(2)35(15)24-9-4-3-8-21(24)27(31,32)33)26(36)34-17-6-5-7-18(13-17)37-14-20-22(29)10-11-23(30)25(20)28/h3-13H,14H2,1-2H3,(H,34,36). The van der Waals surface area contributed by atoms with Crippen LogP contribution in [0.1, 0.15) is 32.9 Å². The maximum absolute atomic E-state index is 14.0. The number of carbonyl (C=O) groups excluding carboxylic acids is 1. The van der Waals surface area contributed by atoms with Gasteiger partial charge in [-0.1, -0.05) is 29.8 Å². The second-order valence-electron chi connectivity index (χ2n) is 8.23. The van der Waals surface area contributed by atoms with Crippen molar-refractivity contribution in [3.8, 4) is 11.4 Å². The molecule has 0 aliphatic carbocycles. The highest BCUT2D eigenvalue weighted by Gasteiger charge is 2.34. The fourth-order valence-electron chi connectivity index (χ4n) is 3.99. The van der Waals surface area contributed by atoms with Gasteiger partial charge in [0, 0.05) is 28.7 Å². The number of alkyl halides is 3. The number of carbonyl (C=O) groups is 1. The van der Waals surface area contributed by atoms with Gasteiger partial charge in [0.25, 0.3) is 5.91 Å². The van der Waals surface area contributed by atoms with Crippen molar-refractivity contribution in [2.75, 3.05) is 5.32 Å². The molecule has 1 aromatic heterocycles. The summed E-state index contributed by atoms with van der Waals surface area (Å²) in [6, 6.07) is 14.7. The van der Waals surface area contributed by atoms with Gasteiger partial charge in [-0.15, -0.1) is 0 Å². The Morgan fingerprint density at radius 3 is 2.41 bits per heavy atom. The Kier molecular flexibility index (Phi) is 7.27. The smallest absolute Gasteiger partial charge is 0.418 e. The molecule has 1 N–H and O–H groups in total. The number of benzene rings is 3. The number of hydrogen-bond donors (Lipinski definition) is 1. The molecule has 4 nitrogen and oxygen atoms in total. The van der Waals surface area contributed by atoms with Crippen LogP contribution in [-0.2, 0) is 12.8 Å². The van der Waals surface area contributed by atoms with Gasteiger partial charge in [0.15, 0.2) is 0 Å². The first-order chi connectivity index (χ1) is 17.5. The van der Waals surface area contributed by atoms with E-state index in [1.54, 1.807) is 32.0 Å². The summed E-state index contributed by atoms with van der Waals surface area (Å²) in [5.41, 5.74) is 0.248. The monoisotopic (exact) mass is 534 g/mol. The van der Waals surface area contributed by atoms with Crippen molar-refractivity contribution < 1.29 is 31.5 Å². The molecule has 3 aromatic carbocycles. The predicted molar refractivity (Wildman–Crippen MR) is 130 cm³/mol. The molecule has 4 aromatic rings. The third-order valence-electron chi connectivity index (χ3n) is 5.74. The first kappa shape index (κ1) is 26.2. The summed E-state index contributed by atoms with van der Waals surface area (Å²) in [5.74, 6) is -1.79. The van der Waals surface area contributed by atoms with Gasteiger partial charge in [-0.25, -0.2) is 8.78 Å². The van der Waals surface area contributed by atoms with E-state index in [9.17, 15) is 26.7 Å². The third-order valence-corrected chi connectivity index (χ3v) is 6.15. The minimum Gasteiger partial charge on any atom is -0.489 e. The van der Waals surface area contributed by atoms with Gasteiger partial charge in [-0.05, 0) is 56.3 Å². The molecule has 0 atom stereocenters. The summed E-state index contributed by atoms with van der Waals surface area (Å²) in [7, 11) is 0. The van der Waals surface area contributed by atoms with Crippen LogP contribution in [-0.4, -0.2) is 10.5 Å². The van der Waals surface area contributed by atoms with E-state index in [1.807, 2.05) is 0 Å². The van der Waals surface area contributed by atoms with Crippen molar-refractivity contribution in [2.45, 2.75) is 26.6 Å². The second-order valence-corrected chi connectivity index (χ2v) is 8.61. The van der Waals surface area contributed by atoms with E-state index in [-0.39, 0.29) is 34.2 Å². The molecule has 0 spiro atoms. The molecule has 0 unspecified atom stereocenters. The van der Waals surface area contributed by atoms with E-state index in [0.717, 1.165) is 18.2 Å². The largest absolute Gasteiger partial charge is 0.489 e. The Hall–Kier alpha value is -3.85. The Bertz CT molecular complexity index is 1480. The molecule has 1 amide bonds. The number of amides is 1. The van der Waals surface area contributed by atoms with Crippen LogP contribution in [0.3, 0.4) is 0 Å². The fraction of sp³-hybridized carbons (Fsp3) is 0.148. The Morgan fingerprint density at radius 2 is 1.68 bits per heavy atom. The highest BCUT2D eigenvalue weighted by Crippen LogP contribution is 2.35. The molecule has 4 rings (SSSR count). The van der Waals surface area contributed by atoms with Crippen molar-refractivity contribution in [2.24, 2.45) is 0 Å². The number of ether oxygens (including phenoxy) is 1. The zero-order valence-corrected chi connectivity index (χ0v) is 20.3. The van der Waals surface area contributed by atoms with Gasteiger partial charge < -0.3 is 14.6 Å². The number of aromatic nitrogens is 1. The highest BCUT2D eigenvalue weighted by molar-refractivity contribution is 6.31. The van der Waals surface area contributed by atoms with Crippen molar-refractivity contribution >= 4 is 23.2 Å². The highest BCUT2D eigenvalue weighted by atomic mass is 35.5. The van der Waals surface area contributed by atoms with Crippen LogP contribution in [0.2, 0.25) is 5.02 Å². The molecule has 0 radical (unpaired) electrons. The molecule has 0 bridgehead atoms. The maximum atomic E-state index is 14.0. The van der Waals surface area contributed by atoms with E-state index >= 15 is 0 Å². The Labute approximate surface area is 214 Å². The first-order valence-corrected chi connectivity index (χ1v) is 11.4. The van der Waals surface area contributed by atoms with Gasteiger partial charge in [0.2, 0.25) is 0 Å². The molecule has 0 aliphatic rings. The summed E-state index contributed by atoms with van der Waals surface area (Å²) in [4.78, 5) is 13.0. The van der Waals surface area contributed by atoms with E-state index in [2.05, 4.69) is 5.32 Å². The van der Waals surface area contributed by atoms with Crippen LogP contribution in [0.25, 0.3) is 5.69 Å². The zero-order chi connectivity index (χ0) is 26.9. The topological polar surface area (TPSA) is 43.3 Å². The van der Waals surface area contributed by atoms with Crippen molar-refractivity contribution in [1.82, 2.24) is 4.57 Å². The minimum absolute atomic E-state index is 0.0808. The number of hydrogen-bond acceptors (Lipinski definition) is 2. The van der Waals surface area contributed by atoms with Crippen LogP contribution in [0.5, 0.6) is 5.75 Å². The summed E-state index contributed by atoms with van der Waals surface area (Å²) in [5, 5.41) is 2.31. The molecule has 192 valence electrons. The van der Waals surface area contributed by atoms with E-state index < -0.39 is 29.3 Å². The Morgan fingerprint density at radius 1 is 0.973 bits per heavy atom. The third kappa shape index (κ3) is 5.46. The van der Waals surface area contributed by atoms with E-state index in [4.69, 9.17) is 16.3 Å².